The Morgan fingerprint density at radius 1 is 0.963 bits per heavy atom. The zero-order chi connectivity index (χ0) is 20.2. The van der Waals surface area contributed by atoms with Crippen LogP contribution in [-0.2, 0) is 21.2 Å². The molecule has 0 saturated heterocycles. The average molecular weight is 389 g/mol. The molecule has 0 aromatic heterocycles. The van der Waals surface area contributed by atoms with Gasteiger partial charge in [0.1, 0.15) is 6.04 Å². The molecule has 6 nitrogen and oxygen atoms in total. The molecule has 0 fully saturated rings. The minimum atomic E-state index is -3.44. The lowest BCUT2D eigenvalue weighted by atomic mass is 10.1. The lowest BCUT2D eigenvalue weighted by molar-refractivity contribution is -0.141. The number of sulfone groups is 1. The summed E-state index contributed by atoms with van der Waals surface area (Å²) in [5.41, 5.74) is 1.04. The van der Waals surface area contributed by atoms with Gasteiger partial charge in [-0.1, -0.05) is 30.3 Å². The average Bonchev–Trinajstić information content (AvgIpc) is 2.65. The van der Waals surface area contributed by atoms with Crippen molar-refractivity contribution in [1.82, 2.24) is 4.90 Å². The highest BCUT2D eigenvalue weighted by Crippen LogP contribution is 2.19. The Labute approximate surface area is 159 Å². The number of carbonyl (C=O) groups excluding carboxylic acids is 1. The number of hydrogen-bond donors (Lipinski definition) is 1. The Hall–Kier alpha value is -2.67. The highest BCUT2D eigenvalue weighted by Gasteiger charge is 2.27. The summed E-state index contributed by atoms with van der Waals surface area (Å²) < 4.78 is 24.4. The summed E-state index contributed by atoms with van der Waals surface area (Å²) in [5, 5.41) is 8.80. The lowest BCUT2D eigenvalue weighted by Gasteiger charge is -2.27. The van der Waals surface area contributed by atoms with Gasteiger partial charge in [0.15, 0.2) is 9.84 Å². The molecule has 0 bridgehead atoms. The topological polar surface area (TPSA) is 91.8 Å². The highest BCUT2D eigenvalue weighted by molar-refractivity contribution is 7.92. The fourth-order valence-corrected chi connectivity index (χ4v) is 3.58. The zero-order valence-corrected chi connectivity index (χ0v) is 16.3. The maximum Gasteiger partial charge on any atom is 0.326 e. The summed E-state index contributed by atoms with van der Waals surface area (Å²) in [6.07, 6.45) is 0. The Morgan fingerprint density at radius 2 is 1.52 bits per heavy atom. The molecule has 1 atom stereocenters. The normalized spacial score (nSPS) is 12.6. The van der Waals surface area contributed by atoms with Crippen molar-refractivity contribution in [3.05, 3.63) is 65.7 Å². The van der Waals surface area contributed by atoms with Gasteiger partial charge < -0.3 is 10.0 Å². The SMILES string of the molecule is CC(C(=O)O)N(Cc1ccccc1)C(=O)c1ccc(S(=O)(=O)C(C)C)cc1. The molecule has 0 saturated carbocycles. The molecule has 27 heavy (non-hydrogen) atoms. The second-order valence-electron chi connectivity index (χ2n) is 6.55. The third-order valence-corrected chi connectivity index (χ3v) is 6.50. The first kappa shape index (κ1) is 20.6. The fourth-order valence-electron chi connectivity index (χ4n) is 2.52. The van der Waals surface area contributed by atoms with Crippen LogP contribution < -0.4 is 0 Å². The molecule has 144 valence electrons. The molecule has 1 amide bonds. The van der Waals surface area contributed by atoms with Crippen LogP contribution in [0.25, 0.3) is 0 Å². The van der Waals surface area contributed by atoms with E-state index in [0.717, 1.165) is 5.56 Å². The van der Waals surface area contributed by atoms with Gasteiger partial charge in [-0.05, 0) is 50.6 Å². The molecule has 2 rings (SSSR count). The van der Waals surface area contributed by atoms with Crippen LogP contribution in [-0.4, -0.2) is 41.6 Å². The van der Waals surface area contributed by atoms with Gasteiger partial charge in [0, 0.05) is 12.1 Å². The van der Waals surface area contributed by atoms with Crippen LogP contribution in [0, 0.1) is 0 Å². The van der Waals surface area contributed by atoms with E-state index in [4.69, 9.17) is 0 Å². The number of carboxylic acid groups (broad SMARTS) is 1. The Bertz CT molecular complexity index is 905. The molecular formula is C20H23NO5S. The Kier molecular flexibility index (Phi) is 6.38. The van der Waals surface area contributed by atoms with E-state index in [9.17, 15) is 23.1 Å². The van der Waals surface area contributed by atoms with Crippen LogP contribution in [0.4, 0.5) is 0 Å². The van der Waals surface area contributed by atoms with Crippen molar-refractivity contribution in [2.75, 3.05) is 0 Å². The van der Waals surface area contributed by atoms with Gasteiger partial charge in [0.05, 0.1) is 10.1 Å². The number of nitrogens with zero attached hydrogens (tertiary/aromatic N) is 1. The molecular weight excluding hydrogens is 366 g/mol. The van der Waals surface area contributed by atoms with E-state index in [1.54, 1.807) is 13.8 Å². The van der Waals surface area contributed by atoms with Crippen LogP contribution in [0.3, 0.4) is 0 Å². The van der Waals surface area contributed by atoms with E-state index in [-0.39, 0.29) is 17.0 Å². The Morgan fingerprint density at radius 3 is 2.00 bits per heavy atom. The number of rotatable bonds is 7. The van der Waals surface area contributed by atoms with Crippen molar-refractivity contribution in [1.29, 1.82) is 0 Å². The molecule has 0 aliphatic rings. The largest absolute Gasteiger partial charge is 0.480 e. The monoisotopic (exact) mass is 389 g/mol. The second-order valence-corrected chi connectivity index (χ2v) is 9.06. The van der Waals surface area contributed by atoms with Crippen molar-refractivity contribution < 1.29 is 23.1 Å². The van der Waals surface area contributed by atoms with E-state index in [2.05, 4.69) is 0 Å². The van der Waals surface area contributed by atoms with Crippen molar-refractivity contribution in [3.8, 4) is 0 Å². The quantitative estimate of drug-likeness (QED) is 0.786. The van der Waals surface area contributed by atoms with Crippen LogP contribution >= 0.6 is 0 Å². The summed E-state index contributed by atoms with van der Waals surface area (Å²) in [4.78, 5) is 25.7. The van der Waals surface area contributed by atoms with Gasteiger partial charge in [-0.25, -0.2) is 13.2 Å². The molecule has 2 aromatic carbocycles. The van der Waals surface area contributed by atoms with Gasteiger partial charge in [-0.2, -0.15) is 0 Å². The number of carbonyl (C=O) groups is 2. The van der Waals surface area contributed by atoms with E-state index < -0.39 is 33.0 Å². The third kappa shape index (κ3) is 4.74. The number of carboxylic acids is 1. The minimum absolute atomic E-state index is 0.134. The van der Waals surface area contributed by atoms with E-state index in [1.807, 2.05) is 30.3 Å². The summed E-state index contributed by atoms with van der Waals surface area (Å²) >= 11 is 0. The van der Waals surface area contributed by atoms with Crippen LogP contribution in [0.2, 0.25) is 0 Å². The smallest absolute Gasteiger partial charge is 0.326 e. The number of aliphatic carboxylic acids is 1. The minimum Gasteiger partial charge on any atom is -0.480 e. The summed E-state index contributed by atoms with van der Waals surface area (Å²) in [6, 6.07) is 13.7. The molecule has 0 aliphatic heterocycles. The molecule has 0 aliphatic carbocycles. The number of benzene rings is 2. The molecule has 0 radical (unpaired) electrons. The number of amides is 1. The van der Waals surface area contributed by atoms with Crippen LogP contribution in [0.5, 0.6) is 0 Å². The van der Waals surface area contributed by atoms with Crippen molar-refractivity contribution in [3.63, 3.8) is 0 Å². The standard InChI is InChI=1S/C20H23NO5S/c1-14(2)27(25,26)18-11-9-17(10-12-18)19(22)21(15(3)20(23)24)13-16-7-5-4-6-8-16/h4-12,14-15H,13H2,1-3H3,(H,23,24). The van der Waals surface area contributed by atoms with Gasteiger partial charge in [-0.15, -0.1) is 0 Å². The molecule has 7 heteroatoms. The fraction of sp³-hybridized carbons (Fsp3) is 0.300. The predicted molar refractivity (Wildman–Crippen MR) is 102 cm³/mol. The summed E-state index contributed by atoms with van der Waals surface area (Å²) in [6.45, 7) is 4.76. The summed E-state index contributed by atoms with van der Waals surface area (Å²) in [7, 11) is -3.44. The van der Waals surface area contributed by atoms with Crippen molar-refractivity contribution >= 4 is 21.7 Å². The van der Waals surface area contributed by atoms with Gasteiger partial charge in [0.25, 0.3) is 5.91 Å². The molecule has 2 aromatic rings. The maximum atomic E-state index is 12.9. The van der Waals surface area contributed by atoms with Gasteiger partial charge in [0.2, 0.25) is 0 Å². The second kappa shape index (κ2) is 8.35. The number of hydrogen-bond acceptors (Lipinski definition) is 4. The molecule has 0 spiro atoms. The molecule has 0 heterocycles. The molecule has 1 N–H and O–H groups in total. The van der Waals surface area contributed by atoms with E-state index in [0.29, 0.717) is 0 Å². The first-order valence-electron chi connectivity index (χ1n) is 8.56. The lowest BCUT2D eigenvalue weighted by Crippen LogP contribution is -2.42. The van der Waals surface area contributed by atoms with E-state index in [1.165, 1.54) is 36.1 Å². The predicted octanol–water partition coefficient (Wildman–Crippen LogP) is 2.98. The zero-order valence-electron chi connectivity index (χ0n) is 15.5. The molecule has 1 unspecified atom stereocenters. The van der Waals surface area contributed by atoms with E-state index >= 15 is 0 Å². The summed E-state index contributed by atoms with van der Waals surface area (Å²) in [5.74, 6) is -1.58. The van der Waals surface area contributed by atoms with Gasteiger partial charge in [-0.3, -0.25) is 4.79 Å². The first-order chi connectivity index (χ1) is 12.6. The van der Waals surface area contributed by atoms with Crippen LogP contribution in [0.15, 0.2) is 59.5 Å². The third-order valence-electron chi connectivity index (χ3n) is 4.33. The maximum absolute atomic E-state index is 12.9. The Balaban J connectivity index is 2.33. The highest BCUT2D eigenvalue weighted by atomic mass is 32.2. The van der Waals surface area contributed by atoms with Gasteiger partial charge >= 0.3 is 5.97 Å². The first-order valence-corrected chi connectivity index (χ1v) is 10.1. The van der Waals surface area contributed by atoms with Crippen LogP contribution in [0.1, 0.15) is 36.7 Å². The van der Waals surface area contributed by atoms with Crippen molar-refractivity contribution in [2.24, 2.45) is 0 Å². The van der Waals surface area contributed by atoms with Crippen molar-refractivity contribution in [2.45, 2.75) is 43.5 Å².